The van der Waals surface area contributed by atoms with Crippen molar-refractivity contribution in [3.8, 4) is 55.6 Å². The predicted molar refractivity (Wildman–Crippen MR) is 278 cm³/mol. The summed E-state index contributed by atoms with van der Waals surface area (Å²) in [6.45, 7) is 0. The SMILES string of the molecule is c1ccc(-c2ccccc2-c2cccc(N(c3ccc(-c4cccc(-c5cccc6ccccc56)c4)cc3)c3cccc4c3-c3ccccc3C4(c3ccccc3)c3ccccc3)c2)cc1. The minimum Gasteiger partial charge on any atom is -0.310 e. The van der Waals surface area contributed by atoms with Crippen LogP contribution in [0, 0.1) is 0 Å². The molecule has 1 aliphatic rings. The number of hydrogen-bond acceptors (Lipinski definition) is 1. The zero-order valence-electron chi connectivity index (χ0n) is 36.4. The topological polar surface area (TPSA) is 3.24 Å². The van der Waals surface area contributed by atoms with Crippen LogP contribution in [-0.2, 0) is 5.41 Å². The molecular weight excluding hydrogens is 795 g/mol. The number of hydrogen-bond donors (Lipinski definition) is 0. The van der Waals surface area contributed by atoms with E-state index in [1.54, 1.807) is 0 Å². The Morgan fingerprint density at radius 1 is 0.273 bits per heavy atom. The second-order valence-corrected chi connectivity index (χ2v) is 17.2. The first-order chi connectivity index (χ1) is 32.8. The molecule has 0 fully saturated rings. The van der Waals surface area contributed by atoms with E-state index in [0.717, 1.165) is 22.6 Å². The third-order valence-electron chi connectivity index (χ3n) is 13.6. The summed E-state index contributed by atoms with van der Waals surface area (Å²) in [6, 6.07) is 100. The quantitative estimate of drug-likeness (QED) is 0.140. The molecule has 1 aliphatic carbocycles. The van der Waals surface area contributed by atoms with Crippen LogP contribution in [0.5, 0.6) is 0 Å². The highest BCUT2D eigenvalue weighted by atomic mass is 15.1. The zero-order chi connectivity index (χ0) is 43.9. The van der Waals surface area contributed by atoms with Crippen molar-refractivity contribution in [3.63, 3.8) is 0 Å². The highest BCUT2D eigenvalue weighted by Gasteiger charge is 2.47. The molecule has 0 spiro atoms. The molecular formula is C65H45N. The minimum atomic E-state index is -0.522. The maximum Gasteiger partial charge on any atom is 0.0714 e. The summed E-state index contributed by atoms with van der Waals surface area (Å²) >= 11 is 0. The number of fused-ring (bicyclic) bond motifs is 4. The van der Waals surface area contributed by atoms with E-state index in [1.807, 2.05) is 0 Å². The molecule has 66 heavy (non-hydrogen) atoms. The summed E-state index contributed by atoms with van der Waals surface area (Å²) in [6.07, 6.45) is 0. The molecule has 0 N–H and O–H groups in total. The molecule has 310 valence electrons. The summed E-state index contributed by atoms with van der Waals surface area (Å²) in [5.41, 5.74) is 19.9. The summed E-state index contributed by atoms with van der Waals surface area (Å²) < 4.78 is 0. The molecule has 1 heteroatoms. The van der Waals surface area contributed by atoms with E-state index in [4.69, 9.17) is 0 Å². The Hall–Kier alpha value is -8.52. The van der Waals surface area contributed by atoms with Crippen molar-refractivity contribution in [3.05, 3.63) is 295 Å². The van der Waals surface area contributed by atoms with Gasteiger partial charge in [-0.05, 0) is 119 Å². The molecule has 0 amide bonds. The highest BCUT2D eigenvalue weighted by molar-refractivity contribution is 5.99. The van der Waals surface area contributed by atoms with Gasteiger partial charge in [0.2, 0.25) is 0 Å². The maximum atomic E-state index is 2.48. The monoisotopic (exact) mass is 839 g/mol. The largest absolute Gasteiger partial charge is 0.310 e. The number of nitrogens with zero attached hydrogens (tertiary/aromatic N) is 1. The van der Waals surface area contributed by atoms with E-state index in [0.29, 0.717) is 0 Å². The van der Waals surface area contributed by atoms with Gasteiger partial charge in [-0.25, -0.2) is 0 Å². The maximum absolute atomic E-state index is 2.48. The molecule has 0 radical (unpaired) electrons. The van der Waals surface area contributed by atoms with Crippen molar-refractivity contribution >= 4 is 27.8 Å². The third kappa shape index (κ3) is 6.56. The van der Waals surface area contributed by atoms with Crippen LogP contribution >= 0.6 is 0 Å². The van der Waals surface area contributed by atoms with E-state index in [9.17, 15) is 0 Å². The van der Waals surface area contributed by atoms with Crippen LogP contribution in [0.1, 0.15) is 22.3 Å². The number of benzene rings is 11. The average Bonchev–Trinajstić information content (AvgIpc) is 3.71. The predicted octanol–water partition coefficient (Wildman–Crippen LogP) is 17.3. The van der Waals surface area contributed by atoms with Gasteiger partial charge in [0, 0.05) is 16.9 Å². The fourth-order valence-corrected chi connectivity index (χ4v) is 10.7. The molecule has 0 atom stereocenters. The van der Waals surface area contributed by atoms with E-state index in [1.165, 1.54) is 83.1 Å². The Bertz CT molecular complexity index is 3470. The van der Waals surface area contributed by atoms with Gasteiger partial charge < -0.3 is 4.90 Å². The Labute approximate surface area is 387 Å². The van der Waals surface area contributed by atoms with Crippen LogP contribution in [0.15, 0.2) is 273 Å². The Balaban J connectivity index is 1.06. The number of anilines is 3. The first-order valence-corrected chi connectivity index (χ1v) is 22.8. The van der Waals surface area contributed by atoms with Crippen molar-refractivity contribution in [2.75, 3.05) is 4.90 Å². The smallest absolute Gasteiger partial charge is 0.0714 e. The van der Waals surface area contributed by atoms with Gasteiger partial charge in [-0.3, -0.25) is 0 Å². The van der Waals surface area contributed by atoms with Gasteiger partial charge in [-0.2, -0.15) is 0 Å². The van der Waals surface area contributed by atoms with E-state index >= 15 is 0 Å². The van der Waals surface area contributed by atoms with Crippen LogP contribution in [0.25, 0.3) is 66.4 Å². The zero-order valence-corrected chi connectivity index (χ0v) is 36.4. The van der Waals surface area contributed by atoms with Crippen molar-refractivity contribution in [2.24, 2.45) is 0 Å². The van der Waals surface area contributed by atoms with Crippen LogP contribution in [0.2, 0.25) is 0 Å². The summed E-state index contributed by atoms with van der Waals surface area (Å²) in [4.78, 5) is 2.48. The first-order valence-electron chi connectivity index (χ1n) is 22.8. The molecule has 0 unspecified atom stereocenters. The molecule has 0 saturated carbocycles. The molecule has 12 rings (SSSR count). The Morgan fingerprint density at radius 2 is 0.773 bits per heavy atom. The van der Waals surface area contributed by atoms with E-state index in [-0.39, 0.29) is 0 Å². The molecule has 0 aromatic heterocycles. The fraction of sp³-hybridized carbons (Fsp3) is 0.0154. The standard InChI is InChI=1S/C65H45N/c1-4-20-47(21-5-1)56-33-12-13-34-58(56)51-26-17-31-55(45-51)66(54-42-40-46(41-43-54)49-24-16-25-50(44-49)59-36-18-23-48-22-10-11-32-57(48)59)63-39-19-38-62-64(63)60-35-14-15-37-61(60)65(62,52-27-6-2-7-28-52)53-29-8-3-9-30-53/h1-45H. The Kier molecular flexibility index (Phi) is 9.81. The van der Waals surface area contributed by atoms with Gasteiger partial charge in [-0.15, -0.1) is 0 Å². The van der Waals surface area contributed by atoms with Crippen LogP contribution < -0.4 is 4.90 Å². The van der Waals surface area contributed by atoms with Gasteiger partial charge >= 0.3 is 0 Å². The second kappa shape index (κ2) is 16.6. The summed E-state index contributed by atoms with van der Waals surface area (Å²) in [5.74, 6) is 0. The molecule has 0 aliphatic heterocycles. The van der Waals surface area contributed by atoms with Crippen molar-refractivity contribution in [2.45, 2.75) is 5.41 Å². The van der Waals surface area contributed by atoms with Crippen LogP contribution in [0.4, 0.5) is 17.1 Å². The average molecular weight is 840 g/mol. The van der Waals surface area contributed by atoms with Gasteiger partial charge in [0.25, 0.3) is 0 Å². The van der Waals surface area contributed by atoms with Crippen LogP contribution in [0.3, 0.4) is 0 Å². The lowest BCUT2D eigenvalue weighted by molar-refractivity contribution is 0.768. The fourth-order valence-electron chi connectivity index (χ4n) is 10.7. The molecule has 11 aromatic carbocycles. The first kappa shape index (κ1) is 39.1. The lowest BCUT2D eigenvalue weighted by Gasteiger charge is -2.34. The highest BCUT2D eigenvalue weighted by Crippen LogP contribution is 2.59. The van der Waals surface area contributed by atoms with E-state index in [2.05, 4.69) is 278 Å². The normalized spacial score (nSPS) is 12.4. The lowest BCUT2D eigenvalue weighted by atomic mass is 9.68. The van der Waals surface area contributed by atoms with Crippen molar-refractivity contribution in [1.29, 1.82) is 0 Å². The van der Waals surface area contributed by atoms with Gasteiger partial charge in [-0.1, -0.05) is 237 Å². The van der Waals surface area contributed by atoms with E-state index < -0.39 is 5.41 Å². The number of rotatable bonds is 9. The van der Waals surface area contributed by atoms with Crippen molar-refractivity contribution < 1.29 is 0 Å². The minimum absolute atomic E-state index is 0.522. The van der Waals surface area contributed by atoms with Crippen LogP contribution in [-0.4, -0.2) is 0 Å². The second-order valence-electron chi connectivity index (χ2n) is 17.2. The third-order valence-corrected chi connectivity index (χ3v) is 13.6. The summed E-state index contributed by atoms with van der Waals surface area (Å²) in [5, 5.41) is 2.51. The van der Waals surface area contributed by atoms with Crippen molar-refractivity contribution in [1.82, 2.24) is 0 Å². The molecule has 11 aromatic rings. The molecule has 0 heterocycles. The van der Waals surface area contributed by atoms with Gasteiger partial charge in [0.05, 0.1) is 11.1 Å². The summed E-state index contributed by atoms with van der Waals surface area (Å²) in [7, 11) is 0. The Morgan fingerprint density at radius 3 is 1.52 bits per heavy atom. The lowest BCUT2D eigenvalue weighted by Crippen LogP contribution is -2.28. The molecule has 0 saturated heterocycles. The van der Waals surface area contributed by atoms with Gasteiger partial charge in [0.15, 0.2) is 0 Å². The van der Waals surface area contributed by atoms with Gasteiger partial charge in [0.1, 0.15) is 0 Å². The molecule has 1 nitrogen and oxygen atoms in total. The molecule has 0 bridgehead atoms.